The summed E-state index contributed by atoms with van der Waals surface area (Å²) in [5.74, 6) is 2.10. The second-order valence-electron chi connectivity index (χ2n) is 6.09. The molecule has 0 saturated carbocycles. The quantitative estimate of drug-likeness (QED) is 0.709. The molecule has 1 aromatic heterocycles. The lowest BCUT2D eigenvalue weighted by atomic mass is 10.1. The molecule has 1 unspecified atom stereocenters. The van der Waals surface area contributed by atoms with E-state index in [1.807, 2.05) is 18.5 Å². The van der Waals surface area contributed by atoms with Crippen LogP contribution in [0.25, 0.3) is 0 Å². The highest BCUT2D eigenvalue weighted by Crippen LogP contribution is 2.19. The first-order valence-electron chi connectivity index (χ1n) is 8.05. The summed E-state index contributed by atoms with van der Waals surface area (Å²) < 4.78 is 7.51. The van der Waals surface area contributed by atoms with Crippen molar-refractivity contribution in [2.75, 3.05) is 5.75 Å². The summed E-state index contributed by atoms with van der Waals surface area (Å²) >= 11 is 7.21. The Morgan fingerprint density at radius 1 is 1.28 bits per heavy atom. The zero-order valence-corrected chi connectivity index (χ0v) is 16.4. The molecule has 0 fully saturated rings. The predicted molar refractivity (Wildman–Crippen MR) is 100.0 cm³/mol. The number of rotatable bonds is 8. The molecule has 6 nitrogen and oxygen atoms in total. The van der Waals surface area contributed by atoms with Crippen LogP contribution in [0.2, 0.25) is 5.02 Å². The molecule has 136 valence electrons. The molecule has 2 rings (SSSR count). The van der Waals surface area contributed by atoms with Crippen LogP contribution in [0, 0.1) is 5.92 Å². The van der Waals surface area contributed by atoms with Gasteiger partial charge in [-0.2, -0.15) is 0 Å². The standard InChI is InChI=1S/C17H23ClN4O2S/c1-11(2)12(3)19-16(23)10-25-17-21-20-15(22(17)4)9-24-14-7-5-13(18)6-8-14/h5-8,11-12H,9-10H2,1-4H3,(H,19,23). The molecule has 0 saturated heterocycles. The third-order valence-corrected chi connectivity index (χ3v) is 5.10. The molecule has 1 aromatic carbocycles. The van der Waals surface area contributed by atoms with Crippen LogP contribution in [-0.4, -0.2) is 32.5 Å². The summed E-state index contributed by atoms with van der Waals surface area (Å²) in [7, 11) is 1.86. The number of nitrogens with zero attached hydrogens (tertiary/aromatic N) is 3. The maximum absolute atomic E-state index is 12.0. The average molecular weight is 383 g/mol. The minimum atomic E-state index is -0.00633. The molecular formula is C17H23ClN4O2S. The van der Waals surface area contributed by atoms with Gasteiger partial charge in [-0.1, -0.05) is 37.2 Å². The summed E-state index contributed by atoms with van der Waals surface area (Å²) in [6, 6.07) is 7.29. The second-order valence-corrected chi connectivity index (χ2v) is 7.47. The average Bonchev–Trinajstić information content (AvgIpc) is 2.92. The first-order valence-corrected chi connectivity index (χ1v) is 9.42. The number of nitrogens with one attached hydrogen (secondary N) is 1. The molecule has 1 N–H and O–H groups in total. The van der Waals surface area contributed by atoms with Gasteiger partial charge in [0.25, 0.3) is 0 Å². The van der Waals surface area contributed by atoms with E-state index in [1.165, 1.54) is 11.8 Å². The van der Waals surface area contributed by atoms with E-state index in [1.54, 1.807) is 24.3 Å². The number of carbonyl (C=O) groups is 1. The third-order valence-electron chi connectivity index (χ3n) is 3.83. The lowest BCUT2D eigenvalue weighted by Crippen LogP contribution is -2.37. The van der Waals surface area contributed by atoms with Crippen molar-refractivity contribution in [1.29, 1.82) is 0 Å². The van der Waals surface area contributed by atoms with E-state index in [0.717, 1.165) is 0 Å². The van der Waals surface area contributed by atoms with Crippen LogP contribution >= 0.6 is 23.4 Å². The number of halogens is 1. The van der Waals surface area contributed by atoms with Gasteiger partial charge in [-0.05, 0) is 37.1 Å². The Bertz CT molecular complexity index is 703. The monoisotopic (exact) mass is 382 g/mol. The number of benzene rings is 1. The number of aromatic nitrogens is 3. The van der Waals surface area contributed by atoms with Gasteiger partial charge in [0.1, 0.15) is 12.4 Å². The third kappa shape index (κ3) is 5.93. The van der Waals surface area contributed by atoms with E-state index in [2.05, 4.69) is 29.4 Å². The maximum Gasteiger partial charge on any atom is 0.230 e. The molecule has 1 amide bonds. The first-order chi connectivity index (χ1) is 11.9. The number of hydrogen-bond acceptors (Lipinski definition) is 5. The van der Waals surface area contributed by atoms with Crippen LogP contribution < -0.4 is 10.1 Å². The summed E-state index contributed by atoms with van der Waals surface area (Å²) in [5.41, 5.74) is 0. The zero-order chi connectivity index (χ0) is 18.4. The molecule has 2 aromatic rings. The molecule has 25 heavy (non-hydrogen) atoms. The fourth-order valence-corrected chi connectivity index (χ4v) is 2.73. The zero-order valence-electron chi connectivity index (χ0n) is 14.8. The highest BCUT2D eigenvalue weighted by atomic mass is 35.5. The summed E-state index contributed by atoms with van der Waals surface area (Å²) in [5, 5.41) is 12.6. The van der Waals surface area contributed by atoms with E-state index in [0.29, 0.717) is 40.0 Å². The Morgan fingerprint density at radius 2 is 1.96 bits per heavy atom. The van der Waals surface area contributed by atoms with Crippen molar-refractivity contribution in [2.45, 2.75) is 38.6 Å². The van der Waals surface area contributed by atoms with E-state index in [9.17, 15) is 4.79 Å². The van der Waals surface area contributed by atoms with Crippen LogP contribution in [0.15, 0.2) is 29.4 Å². The molecule has 0 spiro atoms. The van der Waals surface area contributed by atoms with Crippen molar-refractivity contribution in [3.05, 3.63) is 35.1 Å². The minimum absolute atomic E-state index is 0.00633. The molecule has 0 aliphatic heterocycles. The van der Waals surface area contributed by atoms with Gasteiger partial charge in [0.05, 0.1) is 5.75 Å². The second kappa shape index (κ2) is 9.10. The molecule has 0 aliphatic carbocycles. The number of thioether (sulfide) groups is 1. The number of hydrogen-bond donors (Lipinski definition) is 1. The van der Waals surface area contributed by atoms with Crippen molar-refractivity contribution >= 4 is 29.3 Å². The summed E-state index contributed by atoms with van der Waals surface area (Å²) in [6.45, 7) is 6.45. The highest BCUT2D eigenvalue weighted by molar-refractivity contribution is 7.99. The van der Waals surface area contributed by atoms with Crippen LogP contribution in [0.4, 0.5) is 0 Å². The lowest BCUT2D eigenvalue weighted by Gasteiger charge is -2.17. The van der Waals surface area contributed by atoms with Crippen molar-refractivity contribution < 1.29 is 9.53 Å². The summed E-state index contributed by atoms with van der Waals surface area (Å²) in [6.07, 6.45) is 0. The van der Waals surface area contributed by atoms with E-state index in [-0.39, 0.29) is 11.9 Å². The van der Waals surface area contributed by atoms with Crippen molar-refractivity contribution in [3.63, 3.8) is 0 Å². The molecule has 0 bridgehead atoms. The van der Waals surface area contributed by atoms with E-state index in [4.69, 9.17) is 16.3 Å². The van der Waals surface area contributed by atoms with Gasteiger partial charge >= 0.3 is 0 Å². The van der Waals surface area contributed by atoms with Gasteiger partial charge in [-0.3, -0.25) is 4.79 Å². The van der Waals surface area contributed by atoms with Crippen molar-refractivity contribution in [1.82, 2.24) is 20.1 Å². The van der Waals surface area contributed by atoms with Gasteiger partial charge in [-0.25, -0.2) is 0 Å². The Hall–Kier alpha value is -1.73. The highest BCUT2D eigenvalue weighted by Gasteiger charge is 2.14. The molecule has 8 heteroatoms. The molecule has 1 atom stereocenters. The molecule has 0 aliphatic rings. The maximum atomic E-state index is 12.0. The van der Waals surface area contributed by atoms with Crippen LogP contribution in [0.5, 0.6) is 5.75 Å². The SMILES string of the molecule is CC(C)C(C)NC(=O)CSc1nnc(COc2ccc(Cl)cc2)n1C. The Kier molecular flexibility index (Phi) is 7.13. The number of carbonyl (C=O) groups excluding carboxylic acids is 1. The van der Waals surface area contributed by atoms with Gasteiger partial charge in [-0.15, -0.1) is 10.2 Å². The van der Waals surface area contributed by atoms with Crippen LogP contribution in [0.1, 0.15) is 26.6 Å². The van der Waals surface area contributed by atoms with Crippen molar-refractivity contribution in [3.8, 4) is 5.75 Å². The minimum Gasteiger partial charge on any atom is -0.486 e. The van der Waals surface area contributed by atoms with Gasteiger partial charge < -0.3 is 14.6 Å². The van der Waals surface area contributed by atoms with Crippen LogP contribution in [-0.2, 0) is 18.4 Å². The fourth-order valence-electron chi connectivity index (χ4n) is 1.87. The topological polar surface area (TPSA) is 69.0 Å². The Balaban J connectivity index is 1.85. The largest absolute Gasteiger partial charge is 0.486 e. The lowest BCUT2D eigenvalue weighted by molar-refractivity contribution is -0.119. The van der Waals surface area contributed by atoms with Gasteiger partial charge in [0.15, 0.2) is 11.0 Å². The Morgan fingerprint density at radius 3 is 2.60 bits per heavy atom. The normalized spacial score (nSPS) is 12.2. The van der Waals surface area contributed by atoms with Gasteiger partial charge in [0.2, 0.25) is 5.91 Å². The first kappa shape index (κ1) is 19.6. The molecule has 0 radical (unpaired) electrons. The molecule has 1 heterocycles. The van der Waals surface area contributed by atoms with Crippen molar-refractivity contribution in [2.24, 2.45) is 13.0 Å². The van der Waals surface area contributed by atoms with E-state index >= 15 is 0 Å². The van der Waals surface area contributed by atoms with Gasteiger partial charge in [0, 0.05) is 18.1 Å². The number of amides is 1. The molecular weight excluding hydrogens is 360 g/mol. The van der Waals surface area contributed by atoms with E-state index < -0.39 is 0 Å². The smallest absolute Gasteiger partial charge is 0.230 e. The Labute approximate surface area is 157 Å². The predicted octanol–water partition coefficient (Wildman–Crippen LogP) is 3.30. The van der Waals surface area contributed by atoms with Crippen LogP contribution in [0.3, 0.4) is 0 Å². The summed E-state index contributed by atoms with van der Waals surface area (Å²) in [4.78, 5) is 12.0. The fraction of sp³-hybridized carbons (Fsp3) is 0.471. The number of ether oxygens (including phenoxy) is 1.